The molecule has 2 atom stereocenters. The molecule has 2 saturated heterocycles. The van der Waals surface area contributed by atoms with E-state index < -0.39 is 0 Å². The van der Waals surface area contributed by atoms with Crippen LogP contribution in [0.4, 0.5) is 10.1 Å². The third-order valence-corrected chi connectivity index (χ3v) is 5.66. The number of carbonyl (C=O) groups is 1. The van der Waals surface area contributed by atoms with E-state index in [0.717, 1.165) is 49.1 Å². The Hall–Kier alpha value is -2.90. The number of carbonyl (C=O) groups excluding carboxylic acids is 1. The lowest BCUT2D eigenvalue weighted by Gasteiger charge is -2.40. The van der Waals surface area contributed by atoms with Crippen LogP contribution < -0.4 is 4.90 Å². The summed E-state index contributed by atoms with van der Waals surface area (Å²) in [5.41, 5.74) is 3.22. The van der Waals surface area contributed by atoms with Gasteiger partial charge in [0.1, 0.15) is 0 Å². The first kappa shape index (κ1) is 15.4. The van der Waals surface area contributed by atoms with Crippen LogP contribution in [0.2, 0.25) is 0 Å². The van der Waals surface area contributed by atoms with Crippen molar-refractivity contribution in [3.05, 3.63) is 36.7 Å². The second-order valence-electron chi connectivity index (χ2n) is 7.09. The topological polar surface area (TPSA) is 58.7 Å². The Kier molecular flexibility index (Phi) is 3.28. The van der Waals surface area contributed by atoms with E-state index in [2.05, 4.69) is 15.1 Å². The number of hydrogen-bond acceptors (Lipinski definition) is 4. The maximum atomic E-state index is 14.2. The van der Waals surface area contributed by atoms with Crippen molar-refractivity contribution in [3.8, 4) is 11.1 Å². The molecule has 134 valence electrons. The van der Waals surface area contributed by atoms with Gasteiger partial charge < -0.3 is 9.80 Å². The first-order chi connectivity index (χ1) is 12.7. The number of amides is 1. The molecule has 0 N–H and O–H groups in total. The molecular formula is C18H19FN6O. The fourth-order valence-electron chi connectivity index (χ4n) is 4.34. The van der Waals surface area contributed by atoms with Crippen LogP contribution >= 0.6 is 0 Å². The van der Waals surface area contributed by atoms with Crippen molar-refractivity contribution in [3.63, 3.8) is 0 Å². The predicted molar refractivity (Wildman–Crippen MR) is 94.3 cm³/mol. The second-order valence-corrected chi connectivity index (χ2v) is 7.09. The minimum atomic E-state index is -0.361. The fourth-order valence-corrected chi connectivity index (χ4v) is 4.34. The highest BCUT2D eigenvalue weighted by molar-refractivity contribution is 5.80. The quantitative estimate of drug-likeness (QED) is 0.672. The van der Waals surface area contributed by atoms with Crippen molar-refractivity contribution in [1.82, 2.24) is 24.3 Å². The first-order valence-corrected chi connectivity index (χ1v) is 8.78. The van der Waals surface area contributed by atoms with Crippen LogP contribution in [0.3, 0.4) is 0 Å². The molecule has 8 heteroatoms. The van der Waals surface area contributed by atoms with Gasteiger partial charge in [0.15, 0.2) is 0 Å². The zero-order valence-electron chi connectivity index (χ0n) is 14.4. The summed E-state index contributed by atoms with van der Waals surface area (Å²) in [5, 5.41) is 8.36. The van der Waals surface area contributed by atoms with Crippen LogP contribution in [0.1, 0.15) is 12.8 Å². The van der Waals surface area contributed by atoms with Gasteiger partial charge in [-0.3, -0.25) is 4.79 Å². The first-order valence-electron chi connectivity index (χ1n) is 8.78. The summed E-state index contributed by atoms with van der Waals surface area (Å²) in [5.74, 6) is -0.361. The van der Waals surface area contributed by atoms with E-state index in [1.807, 2.05) is 23.2 Å². The van der Waals surface area contributed by atoms with Crippen molar-refractivity contribution in [1.29, 1.82) is 0 Å². The molecule has 3 aromatic heterocycles. The molecule has 2 fully saturated rings. The molecule has 0 saturated carbocycles. The van der Waals surface area contributed by atoms with Crippen molar-refractivity contribution < 1.29 is 9.18 Å². The Labute approximate surface area is 149 Å². The summed E-state index contributed by atoms with van der Waals surface area (Å²) in [6.45, 7) is 1.63. The summed E-state index contributed by atoms with van der Waals surface area (Å²) in [7, 11) is 1.58. The number of aromatic nitrogens is 4. The zero-order chi connectivity index (χ0) is 17.8. The molecule has 2 bridgehead atoms. The highest BCUT2D eigenvalue weighted by Gasteiger charge is 2.39. The average Bonchev–Trinajstić information content (AvgIpc) is 3.29. The van der Waals surface area contributed by atoms with Gasteiger partial charge in [-0.25, -0.2) is 9.20 Å². The van der Waals surface area contributed by atoms with Crippen LogP contribution in [-0.4, -0.2) is 55.9 Å². The molecule has 7 nitrogen and oxygen atoms in total. The molecule has 0 radical (unpaired) electrons. The molecule has 0 spiro atoms. The minimum Gasteiger partial charge on any atom is -0.366 e. The summed E-state index contributed by atoms with van der Waals surface area (Å²) >= 11 is 0. The minimum absolute atomic E-state index is 0.268. The van der Waals surface area contributed by atoms with E-state index in [0.29, 0.717) is 5.56 Å². The van der Waals surface area contributed by atoms with E-state index in [1.54, 1.807) is 17.8 Å². The third kappa shape index (κ3) is 2.14. The lowest BCUT2D eigenvalue weighted by Crippen LogP contribution is -2.53. The lowest BCUT2D eigenvalue weighted by molar-refractivity contribution is -0.121. The van der Waals surface area contributed by atoms with Gasteiger partial charge >= 0.3 is 0 Å². The standard InChI is InChI=1S/C18H19FN6O/c1-22-18(19)15(7-21-22)12-6-17-16(4-5-20-25(17)8-12)23-9-13-2-3-14(10-23)24(13)11-26/h4-8,11,13-14H,2-3,9-10H2,1H3. The van der Waals surface area contributed by atoms with Gasteiger partial charge in [-0.15, -0.1) is 0 Å². The van der Waals surface area contributed by atoms with Crippen LogP contribution in [-0.2, 0) is 11.8 Å². The van der Waals surface area contributed by atoms with Crippen molar-refractivity contribution in [2.75, 3.05) is 18.0 Å². The number of hydrogen-bond donors (Lipinski definition) is 0. The molecule has 1 amide bonds. The molecule has 2 unspecified atom stereocenters. The fraction of sp³-hybridized carbons (Fsp3) is 0.389. The highest BCUT2D eigenvalue weighted by atomic mass is 19.1. The van der Waals surface area contributed by atoms with Gasteiger partial charge in [-0.1, -0.05) is 0 Å². The van der Waals surface area contributed by atoms with Gasteiger partial charge in [0.25, 0.3) is 0 Å². The average molecular weight is 354 g/mol. The zero-order valence-corrected chi connectivity index (χ0v) is 14.4. The van der Waals surface area contributed by atoms with Crippen LogP contribution in [0.5, 0.6) is 0 Å². The SMILES string of the molecule is Cn1ncc(-c2cc3c(N4CC5CCC(C4)N5C=O)ccnn3c2)c1F. The Morgan fingerprint density at radius 2 is 2.00 bits per heavy atom. The van der Waals surface area contributed by atoms with E-state index in [9.17, 15) is 9.18 Å². The van der Waals surface area contributed by atoms with Crippen molar-refractivity contribution in [2.45, 2.75) is 24.9 Å². The molecule has 2 aliphatic rings. The van der Waals surface area contributed by atoms with Gasteiger partial charge in [0.2, 0.25) is 12.4 Å². The number of fused-ring (bicyclic) bond motifs is 3. The number of nitrogens with zero attached hydrogens (tertiary/aromatic N) is 6. The molecule has 5 rings (SSSR count). The Bertz CT molecular complexity index is 981. The highest BCUT2D eigenvalue weighted by Crippen LogP contribution is 2.34. The van der Waals surface area contributed by atoms with E-state index in [-0.39, 0.29) is 18.0 Å². The predicted octanol–water partition coefficient (Wildman–Crippen LogP) is 1.68. The van der Waals surface area contributed by atoms with Crippen molar-refractivity contribution >= 4 is 17.6 Å². The van der Waals surface area contributed by atoms with Gasteiger partial charge in [0, 0.05) is 50.2 Å². The van der Waals surface area contributed by atoms with E-state index in [4.69, 9.17) is 0 Å². The smallest absolute Gasteiger partial charge is 0.219 e. The number of aryl methyl sites for hydroxylation is 1. The number of piperazine rings is 1. The Morgan fingerprint density at radius 1 is 1.23 bits per heavy atom. The maximum absolute atomic E-state index is 14.2. The number of rotatable bonds is 3. The van der Waals surface area contributed by atoms with E-state index >= 15 is 0 Å². The molecule has 2 aliphatic heterocycles. The molecule has 3 aromatic rings. The normalized spacial score (nSPS) is 22.4. The van der Waals surface area contributed by atoms with Crippen LogP contribution in [0.25, 0.3) is 16.6 Å². The van der Waals surface area contributed by atoms with Crippen molar-refractivity contribution in [2.24, 2.45) is 7.05 Å². The molecule has 26 heavy (non-hydrogen) atoms. The summed E-state index contributed by atoms with van der Waals surface area (Å²) in [6.07, 6.45) is 8.22. The summed E-state index contributed by atoms with van der Waals surface area (Å²) in [6, 6.07) is 4.49. The third-order valence-electron chi connectivity index (χ3n) is 5.66. The lowest BCUT2D eigenvalue weighted by atomic mass is 10.1. The molecule has 5 heterocycles. The van der Waals surface area contributed by atoms with Gasteiger partial charge in [-0.2, -0.15) is 14.6 Å². The van der Waals surface area contributed by atoms with Crippen LogP contribution in [0.15, 0.2) is 30.7 Å². The summed E-state index contributed by atoms with van der Waals surface area (Å²) < 4.78 is 17.3. The monoisotopic (exact) mass is 354 g/mol. The van der Waals surface area contributed by atoms with Crippen LogP contribution in [0, 0.1) is 5.95 Å². The number of anilines is 1. The maximum Gasteiger partial charge on any atom is 0.219 e. The Balaban J connectivity index is 1.55. The molecule has 0 aliphatic carbocycles. The summed E-state index contributed by atoms with van der Waals surface area (Å²) in [4.78, 5) is 15.6. The Morgan fingerprint density at radius 3 is 2.65 bits per heavy atom. The van der Waals surface area contributed by atoms with Gasteiger partial charge in [-0.05, 0) is 25.0 Å². The number of halogens is 1. The van der Waals surface area contributed by atoms with Gasteiger partial charge in [0.05, 0.1) is 23.0 Å². The molecule has 0 aromatic carbocycles. The van der Waals surface area contributed by atoms with E-state index in [1.165, 1.54) is 10.9 Å². The molecular weight excluding hydrogens is 335 g/mol. The largest absolute Gasteiger partial charge is 0.366 e. The second kappa shape index (κ2) is 5.55.